The lowest BCUT2D eigenvalue weighted by molar-refractivity contribution is -0.444. The molecule has 0 unspecified atom stereocenters. The van der Waals surface area contributed by atoms with Crippen molar-refractivity contribution in [3.63, 3.8) is 0 Å². The molecule has 0 radical (unpaired) electrons. The van der Waals surface area contributed by atoms with Gasteiger partial charge in [-0.05, 0) is 24.1 Å². The highest BCUT2D eigenvalue weighted by molar-refractivity contribution is 7.98. The van der Waals surface area contributed by atoms with Gasteiger partial charge in [-0.1, -0.05) is 49.3 Å². The van der Waals surface area contributed by atoms with Gasteiger partial charge in [-0.3, -0.25) is 0 Å². The number of hydrogen-bond donors (Lipinski definition) is 1. The zero-order valence-corrected chi connectivity index (χ0v) is 13.2. The van der Waals surface area contributed by atoms with E-state index in [1.165, 1.54) is 11.8 Å². The number of quaternary nitrogens is 1. The quantitative estimate of drug-likeness (QED) is 0.831. The van der Waals surface area contributed by atoms with Crippen molar-refractivity contribution in [1.29, 1.82) is 0 Å². The first kappa shape index (κ1) is 15.4. The highest BCUT2D eigenvalue weighted by Gasteiger charge is 2.23. The molecular formula is C14H19ClN3OS+. The van der Waals surface area contributed by atoms with Gasteiger partial charge in [0.2, 0.25) is 0 Å². The molecule has 0 spiro atoms. The molecule has 2 aromatic rings. The normalized spacial score (nSPS) is 14.2. The monoisotopic (exact) mass is 312 g/mol. The molecule has 0 amide bonds. The largest absolute Gasteiger partial charge is 0.410 e. The number of hydrogen-bond acceptors (Lipinski definition) is 4. The molecule has 1 heterocycles. The fourth-order valence-corrected chi connectivity index (χ4v) is 2.65. The minimum atomic E-state index is 0.0491. The number of halogens is 1. The summed E-state index contributed by atoms with van der Waals surface area (Å²) in [5.74, 6) is 1.81. The zero-order chi connectivity index (χ0) is 14.5. The van der Waals surface area contributed by atoms with Gasteiger partial charge in [0.15, 0.2) is 6.04 Å². The van der Waals surface area contributed by atoms with Crippen molar-refractivity contribution < 1.29 is 10.2 Å². The maximum absolute atomic E-state index is 5.95. The Balaban J connectivity index is 1.96. The van der Waals surface area contributed by atoms with E-state index in [4.69, 9.17) is 16.0 Å². The van der Waals surface area contributed by atoms with Crippen LogP contribution < -0.4 is 5.73 Å². The Morgan fingerprint density at radius 2 is 2.20 bits per heavy atom. The molecule has 0 bridgehead atoms. The minimum Gasteiger partial charge on any atom is -0.410 e. The van der Waals surface area contributed by atoms with Gasteiger partial charge in [0.1, 0.15) is 0 Å². The van der Waals surface area contributed by atoms with Gasteiger partial charge in [0, 0.05) is 16.7 Å². The molecule has 1 aromatic heterocycles. The van der Waals surface area contributed by atoms with Crippen LogP contribution in [0, 0.1) is 5.92 Å². The van der Waals surface area contributed by atoms with Gasteiger partial charge in [0.25, 0.3) is 11.1 Å². The van der Waals surface area contributed by atoms with Crippen molar-refractivity contribution in [2.24, 2.45) is 5.92 Å². The van der Waals surface area contributed by atoms with Gasteiger partial charge in [-0.15, -0.1) is 10.2 Å². The molecule has 3 N–H and O–H groups in total. The van der Waals surface area contributed by atoms with Gasteiger partial charge in [-0.25, -0.2) is 0 Å². The van der Waals surface area contributed by atoms with Crippen LogP contribution in [0.3, 0.4) is 0 Å². The molecule has 0 saturated carbocycles. The fourth-order valence-electron chi connectivity index (χ4n) is 1.73. The lowest BCUT2D eigenvalue weighted by Gasteiger charge is -2.09. The van der Waals surface area contributed by atoms with Crippen LogP contribution in [-0.2, 0) is 5.75 Å². The Morgan fingerprint density at radius 3 is 2.90 bits per heavy atom. The number of benzene rings is 1. The van der Waals surface area contributed by atoms with Crippen molar-refractivity contribution in [3.8, 4) is 0 Å². The van der Waals surface area contributed by atoms with E-state index in [-0.39, 0.29) is 6.04 Å². The summed E-state index contributed by atoms with van der Waals surface area (Å²) in [6.07, 6.45) is 1.04. The van der Waals surface area contributed by atoms with E-state index in [1.807, 2.05) is 24.3 Å². The Bertz CT molecular complexity index is 561. The standard InChI is InChI=1S/C14H18ClN3OS/c1-3-9(2)12(16)13-17-18-14(19-13)20-8-10-5-4-6-11(15)7-10/h4-7,9,12H,3,8,16H2,1-2H3/p+1/t9-,12-/m0/s1. The summed E-state index contributed by atoms with van der Waals surface area (Å²) in [7, 11) is 0. The molecule has 4 nitrogen and oxygen atoms in total. The van der Waals surface area contributed by atoms with E-state index >= 15 is 0 Å². The molecule has 108 valence electrons. The first-order chi connectivity index (χ1) is 9.60. The predicted octanol–water partition coefficient (Wildman–Crippen LogP) is 3.34. The number of thioether (sulfide) groups is 1. The molecule has 1 aromatic carbocycles. The topological polar surface area (TPSA) is 66.6 Å². The third-order valence-corrected chi connectivity index (χ3v) is 4.45. The van der Waals surface area contributed by atoms with Gasteiger partial charge in [0.05, 0.1) is 0 Å². The summed E-state index contributed by atoms with van der Waals surface area (Å²) in [6, 6.07) is 7.81. The molecule has 0 aliphatic heterocycles. The molecular weight excluding hydrogens is 294 g/mol. The third-order valence-electron chi connectivity index (χ3n) is 3.32. The van der Waals surface area contributed by atoms with Gasteiger partial charge in [-0.2, -0.15) is 0 Å². The SMILES string of the molecule is CC[C@H](C)[C@H]([NH3+])c1nnc(SCc2cccc(Cl)c2)o1. The van der Waals surface area contributed by atoms with Crippen LogP contribution in [0.5, 0.6) is 0 Å². The first-order valence-electron chi connectivity index (χ1n) is 6.64. The zero-order valence-electron chi connectivity index (χ0n) is 11.7. The predicted molar refractivity (Wildman–Crippen MR) is 80.4 cm³/mol. The van der Waals surface area contributed by atoms with Crippen LogP contribution in [0.4, 0.5) is 0 Å². The summed E-state index contributed by atoms with van der Waals surface area (Å²) in [4.78, 5) is 0. The maximum atomic E-state index is 5.95. The summed E-state index contributed by atoms with van der Waals surface area (Å²) < 4.78 is 5.67. The average molecular weight is 313 g/mol. The summed E-state index contributed by atoms with van der Waals surface area (Å²) in [6.45, 7) is 4.27. The van der Waals surface area contributed by atoms with E-state index < -0.39 is 0 Å². The fraction of sp³-hybridized carbons (Fsp3) is 0.429. The van der Waals surface area contributed by atoms with E-state index in [0.29, 0.717) is 17.0 Å². The molecule has 2 atom stereocenters. The van der Waals surface area contributed by atoms with Crippen LogP contribution in [0.1, 0.15) is 37.8 Å². The second kappa shape index (κ2) is 7.11. The molecule has 0 aliphatic carbocycles. The van der Waals surface area contributed by atoms with Crippen molar-refractivity contribution >= 4 is 23.4 Å². The summed E-state index contributed by atoms with van der Waals surface area (Å²) >= 11 is 7.47. The van der Waals surface area contributed by atoms with Crippen molar-refractivity contribution in [3.05, 3.63) is 40.7 Å². The Kier molecular flexibility index (Phi) is 5.46. The van der Waals surface area contributed by atoms with Crippen LogP contribution >= 0.6 is 23.4 Å². The highest BCUT2D eigenvalue weighted by atomic mass is 35.5. The van der Waals surface area contributed by atoms with Crippen LogP contribution in [0.25, 0.3) is 0 Å². The van der Waals surface area contributed by atoms with Gasteiger partial charge >= 0.3 is 0 Å². The number of nitrogens with zero attached hydrogens (tertiary/aromatic N) is 2. The molecule has 20 heavy (non-hydrogen) atoms. The Hall–Kier alpha value is -1.04. The average Bonchev–Trinajstić information content (AvgIpc) is 2.92. The first-order valence-corrected chi connectivity index (χ1v) is 8.00. The second-order valence-electron chi connectivity index (χ2n) is 4.82. The molecule has 0 fully saturated rings. The van der Waals surface area contributed by atoms with Crippen LogP contribution in [-0.4, -0.2) is 10.2 Å². The Morgan fingerprint density at radius 1 is 1.40 bits per heavy atom. The highest BCUT2D eigenvalue weighted by Crippen LogP contribution is 2.26. The minimum absolute atomic E-state index is 0.0491. The molecule has 6 heteroatoms. The molecule has 0 saturated heterocycles. The summed E-state index contributed by atoms with van der Waals surface area (Å²) in [5, 5.41) is 9.47. The maximum Gasteiger partial charge on any atom is 0.277 e. The number of rotatable bonds is 6. The summed E-state index contributed by atoms with van der Waals surface area (Å²) in [5.41, 5.74) is 5.23. The van der Waals surface area contributed by atoms with E-state index in [2.05, 4.69) is 29.8 Å². The number of aromatic nitrogens is 2. The van der Waals surface area contributed by atoms with Crippen molar-refractivity contribution in [2.45, 2.75) is 37.3 Å². The van der Waals surface area contributed by atoms with Gasteiger partial charge < -0.3 is 10.2 Å². The molecule has 0 aliphatic rings. The third kappa shape index (κ3) is 3.98. The van der Waals surface area contributed by atoms with Crippen molar-refractivity contribution in [1.82, 2.24) is 10.2 Å². The van der Waals surface area contributed by atoms with Crippen LogP contribution in [0.2, 0.25) is 5.02 Å². The van der Waals surface area contributed by atoms with E-state index in [1.54, 1.807) is 0 Å². The Labute approximate surface area is 128 Å². The van der Waals surface area contributed by atoms with E-state index in [0.717, 1.165) is 22.8 Å². The smallest absolute Gasteiger partial charge is 0.277 e. The lowest BCUT2D eigenvalue weighted by Crippen LogP contribution is -2.56. The van der Waals surface area contributed by atoms with Crippen LogP contribution in [0.15, 0.2) is 33.9 Å². The van der Waals surface area contributed by atoms with E-state index in [9.17, 15) is 0 Å². The second-order valence-corrected chi connectivity index (χ2v) is 6.18. The van der Waals surface area contributed by atoms with Crippen molar-refractivity contribution in [2.75, 3.05) is 0 Å². The molecule has 2 rings (SSSR count). The lowest BCUT2D eigenvalue weighted by atomic mass is 10.0.